The summed E-state index contributed by atoms with van der Waals surface area (Å²) in [5.74, 6) is 0.876. The normalized spacial score (nSPS) is 17.5. The molecule has 0 saturated carbocycles. The van der Waals surface area contributed by atoms with Crippen LogP contribution in [0.3, 0.4) is 0 Å². The van der Waals surface area contributed by atoms with Crippen molar-refractivity contribution in [3.63, 3.8) is 0 Å². The Morgan fingerprint density at radius 1 is 1.35 bits per heavy atom. The molecule has 0 spiro atoms. The number of hydrogen-bond donors (Lipinski definition) is 1. The van der Waals surface area contributed by atoms with Crippen molar-refractivity contribution in [3.8, 4) is 0 Å². The number of anilines is 1. The lowest BCUT2D eigenvalue weighted by atomic mass is 9.98. The maximum atomic E-state index is 5.58. The minimum atomic E-state index is 0.715. The SMILES string of the molecule is CC1CCN(c2ccc(CCN)cc2Br)CC1. The van der Waals surface area contributed by atoms with Gasteiger partial charge < -0.3 is 10.6 Å². The third-order valence-electron chi connectivity index (χ3n) is 3.57. The first-order valence-electron chi connectivity index (χ1n) is 6.44. The maximum Gasteiger partial charge on any atom is 0.0510 e. The largest absolute Gasteiger partial charge is 0.371 e. The number of benzene rings is 1. The van der Waals surface area contributed by atoms with Crippen LogP contribution in [0.5, 0.6) is 0 Å². The molecule has 1 aliphatic heterocycles. The van der Waals surface area contributed by atoms with E-state index in [2.05, 4.69) is 46.0 Å². The Kier molecular flexibility index (Phi) is 4.46. The molecule has 0 unspecified atom stereocenters. The number of nitrogens with two attached hydrogens (primary N) is 1. The van der Waals surface area contributed by atoms with Crippen molar-refractivity contribution in [2.75, 3.05) is 24.5 Å². The summed E-state index contributed by atoms with van der Waals surface area (Å²) in [6, 6.07) is 6.64. The Labute approximate surface area is 112 Å². The Morgan fingerprint density at radius 3 is 2.65 bits per heavy atom. The summed E-state index contributed by atoms with van der Waals surface area (Å²) in [7, 11) is 0. The molecule has 0 radical (unpaired) electrons. The van der Waals surface area contributed by atoms with Gasteiger partial charge in [-0.2, -0.15) is 0 Å². The third-order valence-corrected chi connectivity index (χ3v) is 4.20. The summed E-state index contributed by atoms with van der Waals surface area (Å²) in [5.41, 5.74) is 8.23. The second kappa shape index (κ2) is 5.87. The van der Waals surface area contributed by atoms with E-state index >= 15 is 0 Å². The van der Waals surface area contributed by atoms with Crippen molar-refractivity contribution in [2.45, 2.75) is 26.2 Å². The van der Waals surface area contributed by atoms with E-state index in [0.29, 0.717) is 6.54 Å². The molecule has 0 atom stereocenters. The molecule has 1 aliphatic rings. The van der Waals surface area contributed by atoms with E-state index in [9.17, 15) is 0 Å². The van der Waals surface area contributed by atoms with Gasteiger partial charge in [-0.25, -0.2) is 0 Å². The van der Waals surface area contributed by atoms with Crippen LogP contribution in [0, 0.1) is 5.92 Å². The molecule has 1 fully saturated rings. The van der Waals surface area contributed by atoms with Crippen molar-refractivity contribution in [3.05, 3.63) is 28.2 Å². The Morgan fingerprint density at radius 2 is 2.06 bits per heavy atom. The second-order valence-corrected chi connectivity index (χ2v) is 5.85. The molecule has 1 saturated heterocycles. The molecule has 2 rings (SSSR count). The predicted molar refractivity (Wildman–Crippen MR) is 77.5 cm³/mol. The monoisotopic (exact) mass is 296 g/mol. The summed E-state index contributed by atoms with van der Waals surface area (Å²) in [6.07, 6.45) is 3.56. The quantitative estimate of drug-likeness (QED) is 0.928. The Bertz CT molecular complexity index is 370. The Hall–Kier alpha value is -0.540. The van der Waals surface area contributed by atoms with E-state index < -0.39 is 0 Å². The van der Waals surface area contributed by atoms with Crippen molar-refractivity contribution in [2.24, 2.45) is 11.7 Å². The van der Waals surface area contributed by atoms with Crippen molar-refractivity contribution in [1.29, 1.82) is 0 Å². The lowest BCUT2D eigenvalue weighted by molar-refractivity contribution is 0.438. The molecule has 1 aromatic rings. The summed E-state index contributed by atoms with van der Waals surface area (Å²) in [4.78, 5) is 2.48. The number of nitrogens with zero attached hydrogens (tertiary/aromatic N) is 1. The van der Waals surface area contributed by atoms with Crippen molar-refractivity contribution >= 4 is 21.6 Å². The summed E-state index contributed by atoms with van der Waals surface area (Å²) in [6.45, 7) is 5.41. The topological polar surface area (TPSA) is 29.3 Å². The molecule has 3 heteroatoms. The Balaban J connectivity index is 2.10. The first kappa shape index (κ1) is 12.9. The van der Waals surface area contributed by atoms with E-state index in [4.69, 9.17) is 5.73 Å². The van der Waals surface area contributed by atoms with Crippen LogP contribution in [-0.4, -0.2) is 19.6 Å². The fourth-order valence-electron chi connectivity index (χ4n) is 2.38. The summed E-state index contributed by atoms with van der Waals surface area (Å²) < 4.78 is 1.21. The van der Waals surface area contributed by atoms with E-state index in [1.165, 1.54) is 41.7 Å². The van der Waals surface area contributed by atoms with Crippen LogP contribution in [-0.2, 0) is 6.42 Å². The van der Waals surface area contributed by atoms with Gasteiger partial charge in [0.2, 0.25) is 0 Å². The molecule has 1 heterocycles. The highest BCUT2D eigenvalue weighted by Crippen LogP contribution is 2.30. The first-order valence-corrected chi connectivity index (χ1v) is 7.23. The fourth-order valence-corrected chi connectivity index (χ4v) is 3.06. The molecular weight excluding hydrogens is 276 g/mol. The highest BCUT2D eigenvalue weighted by atomic mass is 79.9. The summed E-state index contributed by atoms with van der Waals surface area (Å²) in [5, 5.41) is 0. The highest BCUT2D eigenvalue weighted by molar-refractivity contribution is 9.10. The van der Waals surface area contributed by atoms with Gasteiger partial charge in [0.1, 0.15) is 0 Å². The second-order valence-electron chi connectivity index (χ2n) is 4.99. The van der Waals surface area contributed by atoms with Gasteiger partial charge in [-0.05, 0) is 65.4 Å². The van der Waals surface area contributed by atoms with Crippen LogP contribution in [0.2, 0.25) is 0 Å². The molecule has 94 valence electrons. The van der Waals surface area contributed by atoms with E-state index in [1.807, 2.05) is 0 Å². The zero-order valence-corrected chi connectivity index (χ0v) is 12.0. The van der Waals surface area contributed by atoms with Gasteiger partial charge in [0.15, 0.2) is 0 Å². The van der Waals surface area contributed by atoms with Crippen molar-refractivity contribution < 1.29 is 0 Å². The van der Waals surface area contributed by atoms with Crippen molar-refractivity contribution in [1.82, 2.24) is 0 Å². The molecular formula is C14H21BrN2. The van der Waals surface area contributed by atoms with Crippen LogP contribution < -0.4 is 10.6 Å². The summed E-state index contributed by atoms with van der Waals surface area (Å²) >= 11 is 3.69. The predicted octanol–water partition coefficient (Wildman–Crippen LogP) is 3.19. The molecule has 0 aromatic heterocycles. The lowest BCUT2D eigenvalue weighted by Crippen LogP contribution is -2.32. The fraction of sp³-hybridized carbons (Fsp3) is 0.571. The molecule has 2 nitrogen and oxygen atoms in total. The highest BCUT2D eigenvalue weighted by Gasteiger charge is 2.17. The zero-order chi connectivity index (χ0) is 12.3. The van der Waals surface area contributed by atoms with Gasteiger partial charge >= 0.3 is 0 Å². The minimum absolute atomic E-state index is 0.715. The lowest BCUT2D eigenvalue weighted by Gasteiger charge is -2.33. The van der Waals surface area contributed by atoms with Gasteiger partial charge in [-0.1, -0.05) is 13.0 Å². The van der Waals surface area contributed by atoms with Gasteiger partial charge in [0.05, 0.1) is 5.69 Å². The number of piperidine rings is 1. The average Bonchev–Trinajstić information content (AvgIpc) is 2.31. The first-order chi connectivity index (χ1) is 8.20. The molecule has 0 amide bonds. The maximum absolute atomic E-state index is 5.58. The molecule has 17 heavy (non-hydrogen) atoms. The molecule has 0 bridgehead atoms. The minimum Gasteiger partial charge on any atom is -0.371 e. The number of hydrogen-bond acceptors (Lipinski definition) is 2. The molecule has 1 aromatic carbocycles. The van der Waals surface area contributed by atoms with E-state index in [0.717, 1.165) is 12.3 Å². The van der Waals surface area contributed by atoms with Gasteiger partial charge in [0.25, 0.3) is 0 Å². The standard InChI is InChI=1S/C14H21BrN2/c1-11-5-8-17(9-6-11)14-3-2-12(4-7-16)10-13(14)15/h2-3,10-11H,4-9,16H2,1H3. The van der Waals surface area contributed by atoms with Crippen LogP contribution in [0.15, 0.2) is 22.7 Å². The third kappa shape index (κ3) is 3.23. The van der Waals surface area contributed by atoms with Crippen LogP contribution in [0.1, 0.15) is 25.3 Å². The van der Waals surface area contributed by atoms with Crippen LogP contribution >= 0.6 is 15.9 Å². The average molecular weight is 297 g/mol. The molecule has 2 N–H and O–H groups in total. The van der Waals surface area contributed by atoms with Crippen LogP contribution in [0.4, 0.5) is 5.69 Å². The van der Waals surface area contributed by atoms with E-state index in [1.54, 1.807) is 0 Å². The zero-order valence-electron chi connectivity index (χ0n) is 10.5. The number of rotatable bonds is 3. The smallest absolute Gasteiger partial charge is 0.0510 e. The van der Waals surface area contributed by atoms with Gasteiger partial charge in [0, 0.05) is 17.6 Å². The number of halogens is 1. The van der Waals surface area contributed by atoms with Gasteiger partial charge in [-0.15, -0.1) is 0 Å². The van der Waals surface area contributed by atoms with E-state index in [-0.39, 0.29) is 0 Å². The van der Waals surface area contributed by atoms with Crippen LogP contribution in [0.25, 0.3) is 0 Å². The molecule has 0 aliphatic carbocycles. The van der Waals surface area contributed by atoms with Gasteiger partial charge in [-0.3, -0.25) is 0 Å².